The van der Waals surface area contributed by atoms with Gasteiger partial charge in [-0.1, -0.05) is 27.2 Å². The number of piperidine rings is 1. The molecule has 164 valence electrons. The Hall–Kier alpha value is -1.09. The third-order valence-electron chi connectivity index (χ3n) is 5.40. The molecule has 1 atom stereocenters. The van der Waals surface area contributed by atoms with Gasteiger partial charge in [-0.05, 0) is 63.2 Å². The summed E-state index contributed by atoms with van der Waals surface area (Å²) in [5.41, 5.74) is 0.540. The van der Waals surface area contributed by atoms with Gasteiger partial charge in [0.1, 0.15) is 0 Å². The first-order valence-corrected chi connectivity index (χ1v) is 13.2. The fourth-order valence-corrected chi connectivity index (χ4v) is 5.25. The number of amides is 1. The average Bonchev–Trinajstić information content (AvgIpc) is 2.71. The number of sulfonamides is 1. The summed E-state index contributed by atoms with van der Waals surface area (Å²) >= 11 is 1.47. The highest BCUT2D eigenvalue weighted by Gasteiger charge is 2.21. The molecule has 0 spiro atoms. The van der Waals surface area contributed by atoms with Crippen molar-refractivity contribution in [3.05, 3.63) is 18.2 Å². The van der Waals surface area contributed by atoms with Crippen LogP contribution in [0.25, 0.3) is 0 Å². The lowest BCUT2D eigenvalue weighted by atomic mass is 10.00. The molecule has 0 saturated carbocycles. The lowest BCUT2D eigenvalue weighted by molar-refractivity contribution is -0.118. The van der Waals surface area contributed by atoms with Crippen LogP contribution in [0, 0.1) is 5.92 Å². The molecular formula is C21H35N3O3S2. The first-order valence-electron chi connectivity index (χ1n) is 10.5. The van der Waals surface area contributed by atoms with E-state index in [1.807, 2.05) is 20.1 Å². The van der Waals surface area contributed by atoms with Crippen LogP contribution in [0.2, 0.25) is 0 Å². The molecule has 0 aromatic heterocycles. The minimum absolute atomic E-state index is 0.130. The van der Waals surface area contributed by atoms with Crippen LogP contribution in [0.3, 0.4) is 0 Å². The SMILES string of the molecule is CC[C@@H]1CCCCN1CCCNS(=O)(=O)c1ccc(SC)c(NC(=O)C(C)C)c1. The van der Waals surface area contributed by atoms with Crippen molar-refractivity contribution >= 4 is 33.4 Å². The summed E-state index contributed by atoms with van der Waals surface area (Å²) in [7, 11) is -3.61. The normalized spacial score (nSPS) is 18.2. The summed E-state index contributed by atoms with van der Waals surface area (Å²) in [5.74, 6) is -0.306. The topological polar surface area (TPSA) is 78.5 Å². The summed E-state index contributed by atoms with van der Waals surface area (Å²) in [5, 5.41) is 2.84. The van der Waals surface area contributed by atoms with E-state index in [1.54, 1.807) is 18.2 Å². The molecule has 0 radical (unpaired) electrons. The molecular weight excluding hydrogens is 406 g/mol. The fourth-order valence-electron chi connectivity index (χ4n) is 3.62. The molecule has 1 aliphatic heterocycles. The monoisotopic (exact) mass is 441 g/mol. The highest BCUT2D eigenvalue weighted by atomic mass is 32.2. The van der Waals surface area contributed by atoms with Gasteiger partial charge in [-0.3, -0.25) is 4.79 Å². The van der Waals surface area contributed by atoms with Gasteiger partial charge >= 0.3 is 0 Å². The Kier molecular flexibility index (Phi) is 9.46. The van der Waals surface area contributed by atoms with E-state index < -0.39 is 10.0 Å². The molecule has 2 rings (SSSR count). The molecule has 1 amide bonds. The van der Waals surface area contributed by atoms with Gasteiger partial charge in [-0.25, -0.2) is 13.1 Å². The Morgan fingerprint density at radius 3 is 2.72 bits per heavy atom. The van der Waals surface area contributed by atoms with Gasteiger partial charge in [0, 0.05) is 23.4 Å². The molecule has 0 aliphatic carbocycles. The lowest BCUT2D eigenvalue weighted by Crippen LogP contribution is -2.40. The van der Waals surface area contributed by atoms with Crippen molar-refractivity contribution in [1.29, 1.82) is 0 Å². The van der Waals surface area contributed by atoms with Crippen molar-refractivity contribution in [2.75, 3.05) is 31.2 Å². The highest BCUT2D eigenvalue weighted by Crippen LogP contribution is 2.28. The zero-order valence-corrected chi connectivity index (χ0v) is 19.7. The van der Waals surface area contributed by atoms with Gasteiger partial charge in [0.25, 0.3) is 0 Å². The van der Waals surface area contributed by atoms with Crippen LogP contribution in [0.1, 0.15) is 52.9 Å². The number of carbonyl (C=O) groups is 1. The maximum absolute atomic E-state index is 12.7. The van der Waals surface area contributed by atoms with E-state index >= 15 is 0 Å². The highest BCUT2D eigenvalue weighted by molar-refractivity contribution is 7.98. The number of carbonyl (C=O) groups excluding carboxylic acids is 1. The van der Waals surface area contributed by atoms with Crippen LogP contribution < -0.4 is 10.0 Å². The first kappa shape index (κ1) is 24.2. The summed E-state index contributed by atoms with van der Waals surface area (Å²) in [6.07, 6.45) is 7.61. The second-order valence-corrected chi connectivity index (χ2v) is 10.5. The van der Waals surface area contributed by atoms with Gasteiger partial charge in [0.15, 0.2) is 0 Å². The zero-order valence-electron chi connectivity index (χ0n) is 18.0. The summed E-state index contributed by atoms with van der Waals surface area (Å²) < 4.78 is 28.2. The largest absolute Gasteiger partial charge is 0.325 e. The first-order chi connectivity index (χ1) is 13.8. The third kappa shape index (κ3) is 6.98. The molecule has 0 bridgehead atoms. The number of nitrogens with zero attached hydrogens (tertiary/aromatic N) is 1. The number of rotatable bonds is 10. The van der Waals surface area contributed by atoms with Crippen LogP contribution in [0.5, 0.6) is 0 Å². The number of benzene rings is 1. The molecule has 1 aromatic rings. The van der Waals surface area contributed by atoms with E-state index in [0.29, 0.717) is 18.3 Å². The maximum atomic E-state index is 12.7. The molecule has 1 saturated heterocycles. The molecule has 0 unspecified atom stereocenters. The predicted octanol–water partition coefficient (Wildman–Crippen LogP) is 3.94. The van der Waals surface area contributed by atoms with Gasteiger partial charge in [0.2, 0.25) is 15.9 Å². The van der Waals surface area contributed by atoms with Crippen LogP contribution >= 0.6 is 11.8 Å². The van der Waals surface area contributed by atoms with Crippen LogP contribution in [0.4, 0.5) is 5.69 Å². The van der Waals surface area contributed by atoms with Crippen LogP contribution in [-0.2, 0) is 14.8 Å². The number of nitrogens with one attached hydrogen (secondary N) is 2. The molecule has 1 aromatic carbocycles. The Balaban J connectivity index is 1.98. The van der Waals surface area contributed by atoms with E-state index in [-0.39, 0.29) is 16.7 Å². The van der Waals surface area contributed by atoms with Gasteiger partial charge < -0.3 is 10.2 Å². The van der Waals surface area contributed by atoms with E-state index in [9.17, 15) is 13.2 Å². The van der Waals surface area contributed by atoms with E-state index in [2.05, 4.69) is 21.9 Å². The summed E-state index contributed by atoms with van der Waals surface area (Å²) in [6, 6.07) is 5.52. The average molecular weight is 442 g/mol. The maximum Gasteiger partial charge on any atom is 0.240 e. The van der Waals surface area contributed by atoms with Crippen LogP contribution in [-0.4, -0.2) is 51.2 Å². The zero-order chi connectivity index (χ0) is 21.4. The molecule has 2 N–H and O–H groups in total. The molecule has 1 heterocycles. The second kappa shape index (κ2) is 11.3. The van der Waals surface area contributed by atoms with Crippen molar-refractivity contribution in [2.45, 2.75) is 68.7 Å². The number of hydrogen-bond acceptors (Lipinski definition) is 5. The van der Waals surface area contributed by atoms with Gasteiger partial charge in [-0.2, -0.15) is 0 Å². The fraction of sp³-hybridized carbons (Fsp3) is 0.667. The third-order valence-corrected chi connectivity index (χ3v) is 7.65. The molecule has 1 fully saturated rings. The molecule has 29 heavy (non-hydrogen) atoms. The minimum atomic E-state index is -3.61. The number of anilines is 1. The Labute approximate surface area is 180 Å². The van der Waals surface area contributed by atoms with Crippen LogP contribution in [0.15, 0.2) is 28.0 Å². The number of likely N-dealkylation sites (tertiary alicyclic amines) is 1. The van der Waals surface area contributed by atoms with Crippen molar-refractivity contribution in [1.82, 2.24) is 9.62 Å². The van der Waals surface area contributed by atoms with Gasteiger partial charge in [0.05, 0.1) is 10.6 Å². The Bertz CT molecular complexity index is 781. The Morgan fingerprint density at radius 1 is 1.31 bits per heavy atom. The number of hydrogen-bond donors (Lipinski definition) is 2. The second-order valence-electron chi connectivity index (χ2n) is 7.85. The number of thioether (sulfide) groups is 1. The molecule has 8 heteroatoms. The van der Waals surface area contributed by atoms with Gasteiger partial charge in [-0.15, -0.1) is 11.8 Å². The van der Waals surface area contributed by atoms with Crippen molar-refractivity contribution in [2.24, 2.45) is 5.92 Å². The molecule has 1 aliphatic rings. The summed E-state index contributed by atoms with van der Waals surface area (Å²) in [4.78, 5) is 15.6. The van der Waals surface area contributed by atoms with E-state index in [1.165, 1.54) is 31.0 Å². The minimum Gasteiger partial charge on any atom is -0.325 e. The standard InChI is InChI=1S/C21H35N3O3S2/c1-5-17-9-6-7-13-24(17)14-8-12-22-29(26,27)18-10-11-20(28-4)19(15-18)23-21(25)16(2)3/h10-11,15-17,22H,5-9,12-14H2,1-4H3,(H,23,25)/t17-/m1/s1. The Morgan fingerprint density at radius 2 is 2.07 bits per heavy atom. The van der Waals surface area contributed by atoms with Crippen molar-refractivity contribution < 1.29 is 13.2 Å². The smallest absolute Gasteiger partial charge is 0.240 e. The quantitative estimate of drug-likeness (QED) is 0.425. The predicted molar refractivity (Wildman–Crippen MR) is 121 cm³/mol. The molecule has 6 nitrogen and oxygen atoms in total. The van der Waals surface area contributed by atoms with Crippen molar-refractivity contribution in [3.8, 4) is 0 Å². The lowest BCUT2D eigenvalue weighted by Gasteiger charge is -2.35. The summed E-state index contributed by atoms with van der Waals surface area (Å²) in [6.45, 7) is 8.28. The van der Waals surface area contributed by atoms with Crippen molar-refractivity contribution in [3.63, 3.8) is 0 Å². The van der Waals surface area contributed by atoms with E-state index in [4.69, 9.17) is 0 Å². The van der Waals surface area contributed by atoms with E-state index in [0.717, 1.165) is 30.8 Å².